The summed E-state index contributed by atoms with van der Waals surface area (Å²) in [5.74, 6) is 1.39. The van der Waals surface area contributed by atoms with Crippen LogP contribution in [0, 0.1) is 5.92 Å². The molecule has 0 aliphatic heterocycles. The quantitative estimate of drug-likeness (QED) is 0.756. The zero-order valence-electron chi connectivity index (χ0n) is 10.7. The Labute approximate surface area is 104 Å². The molecule has 2 nitrogen and oxygen atoms in total. The molecule has 0 heterocycles. The second kappa shape index (κ2) is 7.57. The number of hydrogen-bond donors (Lipinski definition) is 2. The predicted molar refractivity (Wildman–Crippen MR) is 72.8 cm³/mol. The van der Waals surface area contributed by atoms with Gasteiger partial charge in [-0.2, -0.15) is 11.8 Å². The van der Waals surface area contributed by atoms with Crippen molar-refractivity contribution in [1.29, 1.82) is 0 Å². The van der Waals surface area contributed by atoms with Gasteiger partial charge in [0.1, 0.15) is 0 Å². The molecule has 2 atom stereocenters. The molecule has 0 aromatic carbocycles. The number of thioether (sulfide) groups is 1. The third-order valence-corrected chi connectivity index (χ3v) is 4.77. The van der Waals surface area contributed by atoms with Gasteiger partial charge in [-0.15, -0.1) is 0 Å². The molecule has 1 fully saturated rings. The van der Waals surface area contributed by atoms with Crippen molar-refractivity contribution in [3.63, 3.8) is 0 Å². The molecule has 3 N–H and O–H groups in total. The zero-order valence-corrected chi connectivity index (χ0v) is 11.5. The third-order valence-electron chi connectivity index (χ3n) is 3.29. The van der Waals surface area contributed by atoms with Crippen molar-refractivity contribution in [2.24, 2.45) is 11.7 Å². The lowest BCUT2D eigenvalue weighted by Gasteiger charge is -2.25. The predicted octanol–water partition coefficient (Wildman–Crippen LogP) is 2.79. The van der Waals surface area contributed by atoms with E-state index in [0.717, 1.165) is 17.4 Å². The number of aliphatic hydroxyl groups excluding tert-OH is 1. The van der Waals surface area contributed by atoms with Gasteiger partial charge in [0.15, 0.2) is 0 Å². The third kappa shape index (κ3) is 5.55. The van der Waals surface area contributed by atoms with Crippen molar-refractivity contribution in [3.05, 3.63) is 0 Å². The van der Waals surface area contributed by atoms with Crippen LogP contribution in [-0.4, -0.2) is 28.3 Å². The number of hydrogen-bond acceptors (Lipinski definition) is 3. The van der Waals surface area contributed by atoms with E-state index in [1.54, 1.807) is 0 Å². The molecule has 2 unspecified atom stereocenters. The van der Waals surface area contributed by atoms with Crippen molar-refractivity contribution in [3.8, 4) is 0 Å². The molecule has 16 heavy (non-hydrogen) atoms. The molecular formula is C13H27NOS. The van der Waals surface area contributed by atoms with Gasteiger partial charge in [-0.1, -0.05) is 33.1 Å². The van der Waals surface area contributed by atoms with E-state index in [9.17, 15) is 5.11 Å². The summed E-state index contributed by atoms with van der Waals surface area (Å²) in [6.45, 7) is 4.31. The molecule has 0 bridgehead atoms. The zero-order chi connectivity index (χ0) is 12.0. The highest BCUT2D eigenvalue weighted by molar-refractivity contribution is 7.99. The Morgan fingerprint density at radius 1 is 1.25 bits per heavy atom. The first-order chi connectivity index (χ1) is 7.59. The molecule has 1 saturated carbocycles. The molecule has 0 radical (unpaired) electrons. The molecule has 3 heteroatoms. The minimum atomic E-state index is -0.325. The van der Waals surface area contributed by atoms with Gasteiger partial charge in [0, 0.05) is 17.0 Å². The summed E-state index contributed by atoms with van der Waals surface area (Å²) in [6.07, 6.45) is 7.39. The lowest BCUT2D eigenvalue weighted by molar-refractivity contribution is 0.156. The summed E-state index contributed by atoms with van der Waals surface area (Å²) >= 11 is 1.93. The van der Waals surface area contributed by atoms with E-state index in [4.69, 9.17) is 5.73 Å². The standard InChI is InChI=1S/C13H27NOS/c1-10(2)8-12(14)13(15)9-16-11-6-4-3-5-7-11/h10-13,15H,3-9,14H2,1-2H3. The molecule has 0 amide bonds. The average molecular weight is 245 g/mol. The van der Waals surface area contributed by atoms with E-state index < -0.39 is 0 Å². The van der Waals surface area contributed by atoms with Crippen LogP contribution in [0.4, 0.5) is 0 Å². The highest BCUT2D eigenvalue weighted by atomic mass is 32.2. The van der Waals surface area contributed by atoms with Crippen molar-refractivity contribution in [2.75, 3.05) is 5.75 Å². The lowest BCUT2D eigenvalue weighted by Crippen LogP contribution is -2.37. The average Bonchev–Trinajstić information content (AvgIpc) is 2.26. The van der Waals surface area contributed by atoms with E-state index in [0.29, 0.717) is 5.92 Å². The minimum absolute atomic E-state index is 0.0453. The van der Waals surface area contributed by atoms with Crippen LogP contribution < -0.4 is 5.73 Å². The first kappa shape index (κ1) is 14.3. The normalized spacial score (nSPS) is 22.3. The molecule has 1 aliphatic carbocycles. The largest absolute Gasteiger partial charge is 0.391 e. The monoisotopic (exact) mass is 245 g/mol. The first-order valence-corrected chi connectivity index (χ1v) is 7.69. The molecule has 1 rings (SSSR count). The van der Waals surface area contributed by atoms with Crippen molar-refractivity contribution in [2.45, 2.75) is 69.8 Å². The maximum absolute atomic E-state index is 9.95. The van der Waals surface area contributed by atoms with Crippen LogP contribution in [0.5, 0.6) is 0 Å². The fourth-order valence-corrected chi connectivity index (χ4v) is 3.67. The second-order valence-corrected chi connectivity index (χ2v) is 6.79. The van der Waals surface area contributed by atoms with Crippen LogP contribution in [0.2, 0.25) is 0 Å². The Kier molecular flexibility index (Phi) is 6.78. The van der Waals surface area contributed by atoms with Crippen molar-refractivity contribution < 1.29 is 5.11 Å². The van der Waals surface area contributed by atoms with Gasteiger partial charge >= 0.3 is 0 Å². The van der Waals surface area contributed by atoms with E-state index >= 15 is 0 Å². The van der Waals surface area contributed by atoms with E-state index in [1.807, 2.05) is 11.8 Å². The van der Waals surface area contributed by atoms with Gasteiger partial charge in [-0.3, -0.25) is 0 Å². The van der Waals surface area contributed by atoms with Gasteiger partial charge in [0.05, 0.1) is 6.10 Å². The number of rotatable bonds is 6. The molecular weight excluding hydrogens is 218 g/mol. The van der Waals surface area contributed by atoms with Crippen LogP contribution in [-0.2, 0) is 0 Å². The maximum atomic E-state index is 9.95. The van der Waals surface area contributed by atoms with Crippen LogP contribution >= 0.6 is 11.8 Å². The fraction of sp³-hybridized carbons (Fsp3) is 1.00. The Balaban J connectivity index is 2.15. The van der Waals surface area contributed by atoms with Gasteiger partial charge < -0.3 is 10.8 Å². The second-order valence-electron chi connectivity index (χ2n) is 5.45. The van der Waals surface area contributed by atoms with Crippen molar-refractivity contribution >= 4 is 11.8 Å². The van der Waals surface area contributed by atoms with E-state index in [1.165, 1.54) is 32.1 Å². The Hall–Kier alpha value is 0.270. The maximum Gasteiger partial charge on any atom is 0.0781 e. The summed E-state index contributed by atoms with van der Waals surface area (Å²) in [6, 6.07) is -0.0453. The fourth-order valence-electron chi connectivity index (χ4n) is 2.29. The van der Waals surface area contributed by atoms with Gasteiger partial charge in [0.2, 0.25) is 0 Å². The highest BCUT2D eigenvalue weighted by Crippen LogP contribution is 2.28. The van der Waals surface area contributed by atoms with E-state index in [2.05, 4.69) is 13.8 Å². The Bertz CT molecular complexity index is 181. The number of nitrogens with two attached hydrogens (primary N) is 1. The minimum Gasteiger partial charge on any atom is -0.391 e. The lowest BCUT2D eigenvalue weighted by atomic mass is 10.0. The molecule has 96 valence electrons. The van der Waals surface area contributed by atoms with Crippen LogP contribution in [0.25, 0.3) is 0 Å². The smallest absolute Gasteiger partial charge is 0.0781 e. The highest BCUT2D eigenvalue weighted by Gasteiger charge is 2.19. The molecule has 0 saturated heterocycles. The van der Waals surface area contributed by atoms with Gasteiger partial charge in [-0.05, 0) is 25.2 Å². The Morgan fingerprint density at radius 3 is 2.44 bits per heavy atom. The molecule has 0 aromatic rings. The summed E-state index contributed by atoms with van der Waals surface area (Å²) in [5.41, 5.74) is 5.97. The molecule has 0 aromatic heterocycles. The topological polar surface area (TPSA) is 46.2 Å². The summed E-state index contributed by atoms with van der Waals surface area (Å²) in [4.78, 5) is 0. The van der Waals surface area contributed by atoms with Crippen LogP contribution in [0.15, 0.2) is 0 Å². The van der Waals surface area contributed by atoms with Gasteiger partial charge in [0.25, 0.3) is 0 Å². The van der Waals surface area contributed by atoms with Crippen LogP contribution in [0.1, 0.15) is 52.4 Å². The molecule has 1 aliphatic rings. The summed E-state index contributed by atoms with van der Waals surface area (Å²) < 4.78 is 0. The Morgan fingerprint density at radius 2 is 1.88 bits per heavy atom. The summed E-state index contributed by atoms with van der Waals surface area (Å²) in [7, 11) is 0. The SMILES string of the molecule is CC(C)CC(N)C(O)CSC1CCCCC1. The van der Waals surface area contributed by atoms with Crippen molar-refractivity contribution in [1.82, 2.24) is 0 Å². The number of aliphatic hydroxyl groups is 1. The van der Waals surface area contributed by atoms with E-state index in [-0.39, 0.29) is 12.1 Å². The van der Waals surface area contributed by atoms with Gasteiger partial charge in [-0.25, -0.2) is 0 Å². The van der Waals surface area contributed by atoms with Crippen LogP contribution in [0.3, 0.4) is 0 Å². The first-order valence-electron chi connectivity index (χ1n) is 6.65. The molecule has 0 spiro atoms. The summed E-state index contributed by atoms with van der Waals surface area (Å²) in [5, 5.41) is 10.7.